The lowest BCUT2D eigenvalue weighted by Gasteiger charge is -1.99. The first-order chi connectivity index (χ1) is 5.27. The summed E-state index contributed by atoms with van der Waals surface area (Å²) in [5.74, 6) is 0. The van der Waals surface area contributed by atoms with Crippen molar-refractivity contribution in [2.24, 2.45) is 0 Å². The molecule has 1 atom stereocenters. The van der Waals surface area contributed by atoms with Crippen LogP contribution in [0.3, 0.4) is 0 Å². The van der Waals surface area contributed by atoms with Gasteiger partial charge in [0.05, 0.1) is 0 Å². The summed E-state index contributed by atoms with van der Waals surface area (Å²) >= 11 is 4.97. The third kappa shape index (κ3) is 1.56. The van der Waals surface area contributed by atoms with Crippen molar-refractivity contribution in [1.82, 2.24) is 0 Å². The summed E-state index contributed by atoms with van der Waals surface area (Å²) < 4.78 is 2.28. The van der Waals surface area contributed by atoms with Crippen LogP contribution in [0.2, 0.25) is 0 Å². The third-order valence-corrected chi connectivity index (χ3v) is 3.97. The van der Waals surface area contributed by atoms with Crippen LogP contribution in [-0.4, -0.2) is 3.92 Å². The molecular formula is C9H8I2. The Hall–Kier alpha value is 0.680. The Balaban J connectivity index is 2.49. The van der Waals surface area contributed by atoms with Crippen LogP contribution in [0.15, 0.2) is 18.2 Å². The molecule has 0 aromatic heterocycles. The highest BCUT2D eigenvalue weighted by Gasteiger charge is 2.19. The maximum atomic E-state index is 2.54. The van der Waals surface area contributed by atoms with Crippen LogP contribution in [0, 0.1) is 3.57 Å². The molecule has 1 aliphatic rings. The highest BCUT2D eigenvalue weighted by Crippen LogP contribution is 2.30. The van der Waals surface area contributed by atoms with E-state index in [9.17, 15) is 0 Å². The summed E-state index contributed by atoms with van der Waals surface area (Å²) in [6.45, 7) is 0. The van der Waals surface area contributed by atoms with Gasteiger partial charge >= 0.3 is 0 Å². The third-order valence-electron chi connectivity index (χ3n) is 2.08. The van der Waals surface area contributed by atoms with Gasteiger partial charge in [0.15, 0.2) is 0 Å². The van der Waals surface area contributed by atoms with Gasteiger partial charge in [-0.3, -0.25) is 0 Å². The van der Waals surface area contributed by atoms with E-state index >= 15 is 0 Å². The number of halogens is 2. The van der Waals surface area contributed by atoms with Crippen molar-refractivity contribution >= 4 is 45.2 Å². The molecule has 1 aromatic rings. The van der Waals surface area contributed by atoms with Gasteiger partial charge in [-0.1, -0.05) is 34.7 Å². The fraction of sp³-hybridized carbons (Fsp3) is 0.333. The zero-order valence-corrected chi connectivity index (χ0v) is 10.3. The molecule has 0 saturated carbocycles. The Bertz CT molecular complexity index is 281. The maximum Gasteiger partial charge on any atom is 0.0191 e. The number of fused-ring (bicyclic) bond motifs is 1. The standard InChI is InChI=1S/C9H8I2/c10-7-4-6-2-1-3-9(11)8(6)5-7/h1-3,7H,4-5H2. The van der Waals surface area contributed by atoms with Gasteiger partial charge in [0.1, 0.15) is 0 Å². The molecule has 0 N–H and O–H groups in total. The van der Waals surface area contributed by atoms with Crippen molar-refractivity contribution in [1.29, 1.82) is 0 Å². The lowest BCUT2D eigenvalue weighted by molar-refractivity contribution is 0.970. The summed E-state index contributed by atoms with van der Waals surface area (Å²) in [5.41, 5.74) is 3.16. The first-order valence-corrected chi connectivity index (χ1v) is 6.00. The monoisotopic (exact) mass is 370 g/mol. The van der Waals surface area contributed by atoms with E-state index in [4.69, 9.17) is 0 Å². The molecule has 1 aliphatic carbocycles. The fourth-order valence-corrected chi connectivity index (χ4v) is 3.24. The number of hydrogen-bond donors (Lipinski definition) is 0. The first-order valence-electron chi connectivity index (χ1n) is 3.67. The summed E-state index contributed by atoms with van der Waals surface area (Å²) in [7, 11) is 0. The molecule has 0 nitrogen and oxygen atoms in total. The second kappa shape index (κ2) is 3.20. The summed E-state index contributed by atoms with van der Waals surface area (Å²) in [4.78, 5) is 0. The minimum Gasteiger partial charge on any atom is -0.0819 e. The van der Waals surface area contributed by atoms with Crippen molar-refractivity contribution in [3.63, 3.8) is 0 Å². The number of benzene rings is 1. The first kappa shape index (κ1) is 8.29. The number of alkyl halides is 1. The van der Waals surface area contributed by atoms with E-state index in [-0.39, 0.29) is 0 Å². The quantitative estimate of drug-likeness (QED) is 0.486. The highest BCUT2D eigenvalue weighted by molar-refractivity contribution is 14.1. The Morgan fingerprint density at radius 1 is 1.27 bits per heavy atom. The lowest BCUT2D eigenvalue weighted by Crippen LogP contribution is -1.93. The molecular weight excluding hydrogens is 362 g/mol. The Morgan fingerprint density at radius 3 is 2.82 bits per heavy atom. The number of hydrogen-bond acceptors (Lipinski definition) is 0. The largest absolute Gasteiger partial charge is 0.0819 e. The van der Waals surface area contributed by atoms with Gasteiger partial charge in [-0.2, -0.15) is 0 Å². The highest BCUT2D eigenvalue weighted by atomic mass is 127. The van der Waals surface area contributed by atoms with Crippen LogP contribution in [0.1, 0.15) is 11.1 Å². The molecule has 11 heavy (non-hydrogen) atoms. The van der Waals surface area contributed by atoms with E-state index in [1.807, 2.05) is 0 Å². The van der Waals surface area contributed by atoms with Crippen molar-refractivity contribution < 1.29 is 0 Å². The predicted octanol–water partition coefficient (Wildman–Crippen LogP) is 3.19. The summed E-state index contributed by atoms with van der Waals surface area (Å²) in [6.07, 6.45) is 2.54. The van der Waals surface area contributed by atoms with Gasteiger partial charge in [-0.05, 0) is 52.6 Å². The normalized spacial score (nSPS) is 21.8. The topological polar surface area (TPSA) is 0 Å². The zero-order chi connectivity index (χ0) is 7.84. The molecule has 0 aliphatic heterocycles. The van der Waals surface area contributed by atoms with Gasteiger partial charge in [-0.15, -0.1) is 0 Å². The summed E-state index contributed by atoms with van der Waals surface area (Å²) in [6, 6.07) is 6.62. The van der Waals surface area contributed by atoms with Crippen LogP contribution in [-0.2, 0) is 12.8 Å². The molecule has 2 rings (SSSR count). The maximum absolute atomic E-state index is 2.54. The Morgan fingerprint density at radius 2 is 2.09 bits per heavy atom. The average molecular weight is 370 g/mol. The molecule has 1 aromatic carbocycles. The minimum atomic E-state index is 0.832. The van der Waals surface area contributed by atoms with E-state index in [1.165, 1.54) is 16.4 Å². The van der Waals surface area contributed by atoms with Gasteiger partial charge < -0.3 is 0 Å². The van der Waals surface area contributed by atoms with Gasteiger partial charge in [0, 0.05) is 7.49 Å². The van der Waals surface area contributed by atoms with Crippen molar-refractivity contribution in [3.05, 3.63) is 32.9 Å². The number of rotatable bonds is 0. The SMILES string of the molecule is Ic1cccc2c1CC(I)C2. The van der Waals surface area contributed by atoms with Gasteiger partial charge in [0.2, 0.25) is 0 Å². The van der Waals surface area contributed by atoms with Crippen molar-refractivity contribution in [2.45, 2.75) is 16.8 Å². The van der Waals surface area contributed by atoms with Crippen LogP contribution in [0.4, 0.5) is 0 Å². The molecule has 0 heterocycles. The van der Waals surface area contributed by atoms with Crippen LogP contribution in [0.5, 0.6) is 0 Å². The Kier molecular flexibility index (Phi) is 2.41. The van der Waals surface area contributed by atoms with E-state index in [2.05, 4.69) is 63.4 Å². The predicted molar refractivity (Wildman–Crippen MR) is 64.4 cm³/mol. The van der Waals surface area contributed by atoms with E-state index in [1.54, 1.807) is 11.1 Å². The van der Waals surface area contributed by atoms with E-state index in [0.717, 1.165) is 3.92 Å². The molecule has 1 unspecified atom stereocenters. The summed E-state index contributed by atoms with van der Waals surface area (Å²) in [5, 5.41) is 0. The second-order valence-electron chi connectivity index (χ2n) is 2.88. The molecule has 0 bridgehead atoms. The second-order valence-corrected chi connectivity index (χ2v) is 5.81. The lowest BCUT2D eigenvalue weighted by atomic mass is 10.1. The Labute approximate surface area is 94.0 Å². The average Bonchev–Trinajstić information content (AvgIpc) is 2.31. The van der Waals surface area contributed by atoms with E-state index < -0.39 is 0 Å². The van der Waals surface area contributed by atoms with Crippen molar-refractivity contribution in [3.8, 4) is 0 Å². The molecule has 0 saturated heterocycles. The molecule has 0 fully saturated rings. The van der Waals surface area contributed by atoms with E-state index in [0.29, 0.717) is 0 Å². The molecule has 0 amide bonds. The molecule has 0 radical (unpaired) electrons. The molecule has 58 valence electrons. The van der Waals surface area contributed by atoms with Gasteiger partial charge in [-0.25, -0.2) is 0 Å². The minimum absolute atomic E-state index is 0.832. The van der Waals surface area contributed by atoms with Gasteiger partial charge in [0.25, 0.3) is 0 Å². The van der Waals surface area contributed by atoms with Crippen LogP contribution >= 0.6 is 45.2 Å². The molecule has 2 heteroatoms. The smallest absolute Gasteiger partial charge is 0.0191 e. The molecule has 0 spiro atoms. The zero-order valence-electron chi connectivity index (χ0n) is 5.98. The van der Waals surface area contributed by atoms with Crippen LogP contribution < -0.4 is 0 Å². The van der Waals surface area contributed by atoms with Crippen LogP contribution in [0.25, 0.3) is 0 Å². The van der Waals surface area contributed by atoms with Crippen molar-refractivity contribution in [2.75, 3.05) is 0 Å². The fourth-order valence-electron chi connectivity index (χ4n) is 1.56.